The van der Waals surface area contributed by atoms with Crippen LogP contribution in [-0.2, 0) is 9.53 Å². The highest BCUT2D eigenvalue weighted by Crippen LogP contribution is 2.15. The Bertz CT molecular complexity index is 720. The number of aryl methyl sites for hydroxylation is 1. The average molecular weight is 350 g/mol. The predicted molar refractivity (Wildman–Crippen MR) is 105 cm³/mol. The second kappa shape index (κ2) is 9.32. The molecule has 1 aliphatic rings. The van der Waals surface area contributed by atoms with Gasteiger partial charge in [-0.3, -0.25) is 9.69 Å². The predicted octanol–water partition coefficient (Wildman–Crippen LogP) is 3.20. The van der Waals surface area contributed by atoms with Crippen molar-refractivity contribution in [3.05, 3.63) is 77.4 Å². The molecule has 1 fully saturated rings. The van der Waals surface area contributed by atoms with E-state index in [1.807, 2.05) is 48.5 Å². The molecule has 1 heterocycles. The highest BCUT2D eigenvalue weighted by atomic mass is 16.5. The van der Waals surface area contributed by atoms with E-state index in [2.05, 4.69) is 29.3 Å². The van der Waals surface area contributed by atoms with Crippen molar-refractivity contribution in [1.82, 2.24) is 10.2 Å². The molecule has 1 amide bonds. The summed E-state index contributed by atoms with van der Waals surface area (Å²) in [5.74, 6) is -0.0762. The van der Waals surface area contributed by atoms with Gasteiger partial charge in [-0.25, -0.2) is 0 Å². The molecule has 1 saturated heterocycles. The minimum atomic E-state index is -0.0762. The van der Waals surface area contributed by atoms with E-state index in [1.54, 1.807) is 6.08 Å². The lowest BCUT2D eigenvalue weighted by Crippen LogP contribution is -2.42. The minimum Gasteiger partial charge on any atom is -0.379 e. The summed E-state index contributed by atoms with van der Waals surface area (Å²) in [5.41, 5.74) is 3.35. The number of carbonyl (C=O) groups excluding carboxylic acids is 1. The summed E-state index contributed by atoms with van der Waals surface area (Å²) >= 11 is 0. The van der Waals surface area contributed by atoms with Gasteiger partial charge in [0.05, 0.1) is 19.3 Å². The number of amides is 1. The fourth-order valence-electron chi connectivity index (χ4n) is 3.03. The Morgan fingerprint density at radius 1 is 1.12 bits per heavy atom. The standard InChI is InChI=1S/C22H26N2O2/c1-18-7-9-19(10-8-18)11-12-22(25)23-21(20-5-3-2-4-6-20)17-24-13-15-26-16-14-24/h2-12,21H,13-17H2,1H3,(H,23,25)/b12-11+/t21-/m1/s1. The van der Waals surface area contributed by atoms with Gasteiger partial charge in [-0.15, -0.1) is 0 Å². The van der Waals surface area contributed by atoms with Gasteiger partial charge < -0.3 is 10.1 Å². The zero-order valence-corrected chi connectivity index (χ0v) is 15.2. The molecule has 26 heavy (non-hydrogen) atoms. The van der Waals surface area contributed by atoms with Crippen LogP contribution in [0.25, 0.3) is 6.08 Å². The molecule has 1 aliphatic heterocycles. The van der Waals surface area contributed by atoms with E-state index in [1.165, 1.54) is 5.56 Å². The van der Waals surface area contributed by atoms with E-state index in [9.17, 15) is 4.79 Å². The maximum Gasteiger partial charge on any atom is 0.244 e. The van der Waals surface area contributed by atoms with Gasteiger partial charge >= 0.3 is 0 Å². The summed E-state index contributed by atoms with van der Waals surface area (Å²) in [5, 5.41) is 3.15. The summed E-state index contributed by atoms with van der Waals surface area (Å²) in [7, 11) is 0. The van der Waals surface area contributed by atoms with Crippen molar-refractivity contribution in [2.45, 2.75) is 13.0 Å². The maximum atomic E-state index is 12.5. The first-order chi connectivity index (χ1) is 12.7. The van der Waals surface area contributed by atoms with Gasteiger partial charge in [0.2, 0.25) is 5.91 Å². The lowest BCUT2D eigenvalue weighted by Gasteiger charge is -2.31. The smallest absolute Gasteiger partial charge is 0.244 e. The SMILES string of the molecule is Cc1ccc(/C=C/C(=O)N[C@H](CN2CCOCC2)c2ccccc2)cc1. The molecular formula is C22H26N2O2. The number of nitrogens with one attached hydrogen (secondary N) is 1. The zero-order chi connectivity index (χ0) is 18.2. The molecule has 0 bridgehead atoms. The second-order valence-electron chi connectivity index (χ2n) is 6.63. The third kappa shape index (κ3) is 5.55. The fourth-order valence-corrected chi connectivity index (χ4v) is 3.03. The van der Waals surface area contributed by atoms with Crippen molar-refractivity contribution in [3.63, 3.8) is 0 Å². The van der Waals surface area contributed by atoms with Crippen molar-refractivity contribution in [3.8, 4) is 0 Å². The van der Waals surface area contributed by atoms with Crippen LogP contribution in [0.4, 0.5) is 0 Å². The molecule has 2 aromatic carbocycles. The number of rotatable bonds is 6. The number of morpholine rings is 1. The monoisotopic (exact) mass is 350 g/mol. The van der Waals surface area contributed by atoms with Gasteiger partial charge in [0.15, 0.2) is 0 Å². The first kappa shape index (κ1) is 18.4. The van der Waals surface area contributed by atoms with Crippen LogP contribution in [0.2, 0.25) is 0 Å². The van der Waals surface area contributed by atoms with E-state index in [-0.39, 0.29) is 11.9 Å². The van der Waals surface area contributed by atoms with E-state index in [4.69, 9.17) is 4.74 Å². The highest BCUT2D eigenvalue weighted by Gasteiger charge is 2.19. The number of ether oxygens (including phenoxy) is 1. The largest absolute Gasteiger partial charge is 0.379 e. The Balaban J connectivity index is 1.66. The van der Waals surface area contributed by atoms with Crippen molar-refractivity contribution >= 4 is 12.0 Å². The van der Waals surface area contributed by atoms with E-state index in [0.29, 0.717) is 0 Å². The van der Waals surface area contributed by atoms with Crippen LogP contribution < -0.4 is 5.32 Å². The van der Waals surface area contributed by atoms with Crippen LogP contribution in [0, 0.1) is 6.92 Å². The average Bonchev–Trinajstić information content (AvgIpc) is 2.68. The normalized spacial score (nSPS) is 16.5. The molecule has 0 aliphatic carbocycles. The summed E-state index contributed by atoms with van der Waals surface area (Å²) in [6.07, 6.45) is 3.46. The van der Waals surface area contributed by atoms with Crippen molar-refractivity contribution in [1.29, 1.82) is 0 Å². The van der Waals surface area contributed by atoms with Crippen LogP contribution in [0.3, 0.4) is 0 Å². The molecule has 1 atom stereocenters. The van der Waals surface area contributed by atoms with Gasteiger partial charge in [0.25, 0.3) is 0 Å². The van der Waals surface area contributed by atoms with Crippen LogP contribution in [0.15, 0.2) is 60.7 Å². The first-order valence-corrected chi connectivity index (χ1v) is 9.11. The third-order valence-electron chi connectivity index (χ3n) is 4.57. The van der Waals surface area contributed by atoms with Gasteiger partial charge in [0.1, 0.15) is 0 Å². The number of benzene rings is 2. The van der Waals surface area contributed by atoms with Crippen LogP contribution >= 0.6 is 0 Å². The molecule has 0 unspecified atom stereocenters. The van der Waals surface area contributed by atoms with E-state index >= 15 is 0 Å². The van der Waals surface area contributed by atoms with E-state index in [0.717, 1.165) is 44.0 Å². The maximum absolute atomic E-state index is 12.5. The van der Waals surface area contributed by atoms with Crippen LogP contribution in [-0.4, -0.2) is 43.7 Å². The summed E-state index contributed by atoms with van der Waals surface area (Å²) in [6, 6.07) is 18.2. The molecule has 0 spiro atoms. The first-order valence-electron chi connectivity index (χ1n) is 9.11. The van der Waals surface area contributed by atoms with Crippen molar-refractivity contribution in [2.75, 3.05) is 32.8 Å². The molecule has 2 aromatic rings. The summed E-state index contributed by atoms with van der Waals surface area (Å²) in [4.78, 5) is 14.8. The quantitative estimate of drug-likeness (QED) is 0.814. The molecule has 1 N–H and O–H groups in total. The number of hydrogen-bond donors (Lipinski definition) is 1. The van der Waals surface area contributed by atoms with Gasteiger partial charge in [-0.1, -0.05) is 60.2 Å². The zero-order valence-electron chi connectivity index (χ0n) is 15.2. The molecule has 0 saturated carbocycles. The molecule has 4 nitrogen and oxygen atoms in total. The lowest BCUT2D eigenvalue weighted by molar-refractivity contribution is -0.117. The molecule has 0 aromatic heterocycles. The van der Waals surface area contributed by atoms with Gasteiger partial charge in [-0.05, 0) is 24.1 Å². The number of hydrogen-bond acceptors (Lipinski definition) is 3. The van der Waals surface area contributed by atoms with Crippen molar-refractivity contribution in [2.24, 2.45) is 0 Å². The Hall–Kier alpha value is -2.43. The molecule has 0 radical (unpaired) electrons. The molecular weight excluding hydrogens is 324 g/mol. The Kier molecular flexibility index (Phi) is 6.58. The minimum absolute atomic E-state index is 0.0375. The van der Waals surface area contributed by atoms with Crippen molar-refractivity contribution < 1.29 is 9.53 Å². The van der Waals surface area contributed by atoms with Crippen LogP contribution in [0.5, 0.6) is 0 Å². The molecule has 136 valence electrons. The van der Waals surface area contributed by atoms with E-state index < -0.39 is 0 Å². The molecule has 4 heteroatoms. The fraction of sp³-hybridized carbons (Fsp3) is 0.318. The van der Waals surface area contributed by atoms with Gasteiger partial charge in [-0.2, -0.15) is 0 Å². The van der Waals surface area contributed by atoms with Gasteiger partial charge in [0, 0.05) is 25.7 Å². The summed E-state index contributed by atoms with van der Waals surface area (Å²) < 4.78 is 5.42. The highest BCUT2D eigenvalue weighted by molar-refractivity contribution is 5.92. The molecule has 3 rings (SSSR count). The Labute approximate surface area is 155 Å². The lowest BCUT2D eigenvalue weighted by atomic mass is 10.1. The van der Waals surface area contributed by atoms with Crippen LogP contribution in [0.1, 0.15) is 22.7 Å². The Morgan fingerprint density at radius 2 is 1.81 bits per heavy atom. The second-order valence-corrected chi connectivity index (χ2v) is 6.63. The topological polar surface area (TPSA) is 41.6 Å². The Morgan fingerprint density at radius 3 is 2.50 bits per heavy atom. The number of nitrogens with zero attached hydrogens (tertiary/aromatic N) is 1. The number of carbonyl (C=O) groups is 1. The summed E-state index contributed by atoms with van der Waals surface area (Å²) in [6.45, 7) is 6.15. The third-order valence-corrected chi connectivity index (χ3v) is 4.57.